The van der Waals surface area contributed by atoms with Gasteiger partial charge in [0.1, 0.15) is 0 Å². The molecule has 3 aromatic rings. The first-order valence-corrected chi connectivity index (χ1v) is 9.61. The van der Waals surface area contributed by atoms with Crippen LogP contribution in [-0.4, -0.2) is 15.0 Å². The van der Waals surface area contributed by atoms with E-state index in [9.17, 15) is 0 Å². The standard InChI is InChI=1S/C22H18ClN3.C2H6/c1-3-4-6-9-16(2)20-24-21(17-10-7-5-8-11-17)26-22(25-20)18-12-14-19(23)15-13-18;1-2/h3-15H,2H2,1H3;1-2H3/b4-3-,9-6-;. The van der Waals surface area contributed by atoms with E-state index in [4.69, 9.17) is 11.6 Å². The molecule has 1 heterocycles. The Morgan fingerprint density at radius 1 is 0.821 bits per heavy atom. The van der Waals surface area contributed by atoms with Crippen LogP contribution in [-0.2, 0) is 0 Å². The van der Waals surface area contributed by atoms with Gasteiger partial charge in [-0.1, -0.05) is 86.7 Å². The lowest BCUT2D eigenvalue weighted by Crippen LogP contribution is -2.01. The molecule has 0 aliphatic carbocycles. The van der Waals surface area contributed by atoms with Crippen LogP contribution in [0.15, 0.2) is 85.5 Å². The number of allylic oxidation sites excluding steroid dienone is 5. The second kappa shape index (κ2) is 11.0. The molecule has 0 N–H and O–H groups in total. The second-order valence-corrected chi connectivity index (χ2v) is 6.03. The Morgan fingerprint density at radius 2 is 1.39 bits per heavy atom. The van der Waals surface area contributed by atoms with Gasteiger partial charge >= 0.3 is 0 Å². The molecule has 0 bridgehead atoms. The second-order valence-electron chi connectivity index (χ2n) is 5.59. The van der Waals surface area contributed by atoms with Gasteiger partial charge in [0.05, 0.1) is 0 Å². The van der Waals surface area contributed by atoms with Crippen molar-refractivity contribution in [1.29, 1.82) is 0 Å². The topological polar surface area (TPSA) is 38.7 Å². The first-order chi connectivity index (χ1) is 13.7. The molecule has 3 nitrogen and oxygen atoms in total. The van der Waals surface area contributed by atoms with E-state index in [-0.39, 0.29) is 0 Å². The molecule has 142 valence electrons. The molecule has 0 radical (unpaired) electrons. The summed E-state index contributed by atoms with van der Waals surface area (Å²) in [7, 11) is 0. The average molecular weight is 390 g/mol. The first-order valence-electron chi connectivity index (χ1n) is 9.23. The molecule has 0 saturated heterocycles. The van der Waals surface area contributed by atoms with Gasteiger partial charge in [-0.05, 0) is 31.2 Å². The number of hydrogen-bond donors (Lipinski definition) is 0. The lowest BCUT2D eigenvalue weighted by atomic mass is 10.1. The van der Waals surface area contributed by atoms with E-state index in [1.165, 1.54) is 0 Å². The van der Waals surface area contributed by atoms with Crippen LogP contribution in [0.5, 0.6) is 0 Å². The monoisotopic (exact) mass is 389 g/mol. The third-order valence-corrected chi connectivity index (χ3v) is 3.91. The normalized spacial score (nSPS) is 10.7. The molecule has 0 unspecified atom stereocenters. The molecule has 0 atom stereocenters. The van der Waals surface area contributed by atoms with Crippen LogP contribution in [0, 0.1) is 0 Å². The SMILES string of the molecule is C=C(/C=C\C=C/C)c1nc(-c2ccccc2)nc(-c2ccc(Cl)cc2)n1.CC. The van der Waals surface area contributed by atoms with Crippen LogP contribution in [0.25, 0.3) is 28.3 Å². The average Bonchev–Trinajstić information content (AvgIpc) is 2.76. The van der Waals surface area contributed by atoms with Gasteiger partial charge in [0.2, 0.25) is 0 Å². The lowest BCUT2D eigenvalue weighted by Gasteiger charge is -2.08. The van der Waals surface area contributed by atoms with Crippen molar-refractivity contribution in [2.24, 2.45) is 0 Å². The molecule has 28 heavy (non-hydrogen) atoms. The zero-order chi connectivity index (χ0) is 20.4. The predicted molar refractivity (Wildman–Crippen MR) is 120 cm³/mol. The Bertz CT molecular complexity index is 959. The van der Waals surface area contributed by atoms with Crippen molar-refractivity contribution in [3.05, 3.63) is 96.3 Å². The molecule has 3 rings (SSSR count). The summed E-state index contributed by atoms with van der Waals surface area (Å²) in [5.41, 5.74) is 2.52. The van der Waals surface area contributed by atoms with Gasteiger partial charge in [-0.25, -0.2) is 15.0 Å². The highest BCUT2D eigenvalue weighted by molar-refractivity contribution is 6.30. The fourth-order valence-electron chi connectivity index (χ4n) is 2.32. The number of nitrogens with zero attached hydrogens (tertiary/aromatic N) is 3. The van der Waals surface area contributed by atoms with Gasteiger partial charge in [0.25, 0.3) is 0 Å². The van der Waals surface area contributed by atoms with Gasteiger partial charge < -0.3 is 0 Å². The highest BCUT2D eigenvalue weighted by atomic mass is 35.5. The van der Waals surface area contributed by atoms with E-state index in [1.54, 1.807) is 0 Å². The van der Waals surface area contributed by atoms with Crippen LogP contribution in [0.1, 0.15) is 26.6 Å². The van der Waals surface area contributed by atoms with Crippen molar-refractivity contribution in [2.45, 2.75) is 20.8 Å². The van der Waals surface area contributed by atoms with Crippen molar-refractivity contribution in [2.75, 3.05) is 0 Å². The largest absolute Gasteiger partial charge is 0.208 e. The zero-order valence-electron chi connectivity index (χ0n) is 16.4. The van der Waals surface area contributed by atoms with Crippen LogP contribution < -0.4 is 0 Å². The van der Waals surface area contributed by atoms with E-state index < -0.39 is 0 Å². The zero-order valence-corrected chi connectivity index (χ0v) is 17.2. The minimum Gasteiger partial charge on any atom is -0.208 e. The summed E-state index contributed by atoms with van der Waals surface area (Å²) >= 11 is 6.00. The molecule has 0 aliphatic heterocycles. The third kappa shape index (κ3) is 5.73. The predicted octanol–water partition coefficient (Wildman–Crippen LogP) is 7.03. The van der Waals surface area contributed by atoms with Gasteiger partial charge in [0, 0.05) is 21.7 Å². The summed E-state index contributed by atoms with van der Waals surface area (Å²) in [6.07, 6.45) is 7.68. The number of aromatic nitrogens is 3. The molecule has 4 heteroatoms. The van der Waals surface area contributed by atoms with Crippen LogP contribution in [0.4, 0.5) is 0 Å². The lowest BCUT2D eigenvalue weighted by molar-refractivity contribution is 1.04. The van der Waals surface area contributed by atoms with Crippen molar-refractivity contribution in [3.63, 3.8) is 0 Å². The molecule has 0 fully saturated rings. The number of benzene rings is 2. The third-order valence-electron chi connectivity index (χ3n) is 3.66. The Balaban J connectivity index is 0.00000136. The Morgan fingerprint density at radius 3 is 1.96 bits per heavy atom. The molecular weight excluding hydrogens is 366 g/mol. The van der Waals surface area contributed by atoms with E-state index >= 15 is 0 Å². The van der Waals surface area contributed by atoms with Crippen molar-refractivity contribution in [1.82, 2.24) is 15.0 Å². The maximum Gasteiger partial charge on any atom is 0.164 e. The van der Waals surface area contributed by atoms with E-state index in [2.05, 4.69) is 21.5 Å². The van der Waals surface area contributed by atoms with Crippen molar-refractivity contribution in [3.8, 4) is 22.8 Å². The Labute approximate surface area is 172 Å². The number of rotatable bonds is 5. The molecular formula is C24H24ClN3. The summed E-state index contributed by atoms with van der Waals surface area (Å²) in [4.78, 5) is 13.8. The number of hydrogen-bond acceptors (Lipinski definition) is 3. The summed E-state index contributed by atoms with van der Waals surface area (Å²) < 4.78 is 0. The molecule has 0 amide bonds. The minimum atomic E-state index is 0.546. The molecule has 2 aromatic carbocycles. The van der Waals surface area contributed by atoms with E-state index in [1.807, 2.05) is 99.7 Å². The van der Waals surface area contributed by atoms with E-state index in [0.717, 1.165) is 16.7 Å². The first kappa shape index (κ1) is 21.3. The van der Waals surface area contributed by atoms with E-state index in [0.29, 0.717) is 22.5 Å². The van der Waals surface area contributed by atoms with Crippen LogP contribution >= 0.6 is 11.6 Å². The van der Waals surface area contributed by atoms with Crippen LogP contribution in [0.3, 0.4) is 0 Å². The van der Waals surface area contributed by atoms with Gasteiger partial charge in [-0.15, -0.1) is 0 Å². The summed E-state index contributed by atoms with van der Waals surface area (Å²) in [5, 5.41) is 0.671. The number of halogens is 1. The highest BCUT2D eigenvalue weighted by Crippen LogP contribution is 2.23. The Kier molecular flexibility index (Phi) is 8.32. The summed E-state index contributed by atoms with van der Waals surface area (Å²) in [5.74, 6) is 1.75. The fraction of sp³-hybridized carbons (Fsp3) is 0.125. The fourth-order valence-corrected chi connectivity index (χ4v) is 2.45. The smallest absolute Gasteiger partial charge is 0.164 e. The minimum absolute atomic E-state index is 0.546. The maximum atomic E-state index is 6.00. The van der Waals surface area contributed by atoms with Crippen LogP contribution in [0.2, 0.25) is 5.02 Å². The summed E-state index contributed by atoms with van der Waals surface area (Å²) in [6, 6.07) is 17.3. The molecule has 0 aliphatic rings. The van der Waals surface area contributed by atoms with Crippen molar-refractivity contribution >= 4 is 17.2 Å². The maximum absolute atomic E-state index is 6.00. The van der Waals surface area contributed by atoms with Gasteiger partial charge in [0.15, 0.2) is 17.5 Å². The van der Waals surface area contributed by atoms with Gasteiger partial charge in [-0.2, -0.15) is 0 Å². The molecule has 0 saturated carbocycles. The Hall–Kier alpha value is -3.04. The van der Waals surface area contributed by atoms with Crippen molar-refractivity contribution < 1.29 is 0 Å². The quantitative estimate of drug-likeness (QED) is 0.439. The van der Waals surface area contributed by atoms with Gasteiger partial charge in [-0.3, -0.25) is 0 Å². The summed E-state index contributed by atoms with van der Waals surface area (Å²) in [6.45, 7) is 10.0. The highest BCUT2D eigenvalue weighted by Gasteiger charge is 2.11. The molecule has 1 aromatic heterocycles. The molecule has 0 spiro atoms.